The summed E-state index contributed by atoms with van der Waals surface area (Å²) < 4.78 is 4.97. The molecule has 84 valence electrons. The van der Waals surface area contributed by atoms with E-state index in [0.717, 1.165) is 11.3 Å². The number of amides is 1. The van der Waals surface area contributed by atoms with Gasteiger partial charge in [0, 0.05) is 12.1 Å². The van der Waals surface area contributed by atoms with Gasteiger partial charge in [0.25, 0.3) is 0 Å². The van der Waals surface area contributed by atoms with Crippen molar-refractivity contribution in [3.63, 3.8) is 0 Å². The number of anilines is 1. The third kappa shape index (κ3) is 2.33. The van der Waals surface area contributed by atoms with Gasteiger partial charge in [-0.2, -0.15) is 0 Å². The number of hydrogen-bond acceptors (Lipinski definition) is 3. The fraction of sp³-hybridized carbons (Fsp3) is 0.273. The van der Waals surface area contributed by atoms with Gasteiger partial charge < -0.3 is 10.1 Å². The average molecular weight is 240 g/mol. The van der Waals surface area contributed by atoms with E-state index in [1.165, 1.54) is 0 Å². The number of ether oxygens (including phenoxy) is 1. The van der Waals surface area contributed by atoms with Crippen molar-refractivity contribution < 1.29 is 14.3 Å². The van der Waals surface area contributed by atoms with E-state index < -0.39 is 5.97 Å². The molecule has 0 radical (unpaired) electrons. The molecule has 0 fully saturated rings. The van der Waals surface area contributed by atoms with Gasteiger partial charge >= 0.3 is 5.97 Å². The van der Waals surface area contributed by atoms with Crippen LogP contribution in [0.2, 0.25) is 0 Å². The zero-order valence-electron chi connectivity index (χ0n) is 8.46. The maximum atomic E-state index is 11.1. The van der Waals surface area contributed by atoms with Crippen molar-refractivity contribution in [2.75, 3.05) is 11.2 Å². The minimum Gasteiger partial charge on any atom is -0.426 e. The molecule has 5 heteroatoms. The van der Waals surface area contributed by atoms with Gasteiger partial charge in [-0.25, -0.2) is 0 Å². The summed E-state index contributed by atoms with van der Waals surface area (Å²) in [5, 5.41) is 2.75. The van der Waals surface area contributed by atoms with Gasteiger partial charge in [-0.1, -0.05) is 0 Å². The van der Waals surface area contributed by atoms with Crippen LogP contribution in [0.5, 0.6) is 5.75 Å². The molecule has 0 saturated carbocycles. The molecule has 0 atom stereocenters. The highest BCUT2D eigenvalue weighted by molar-refractivity contribution is 6.26. The number of esters is 1. The monoisotopic (exact) mass is 239 g/mol. The van der Waals surface area contributed by atoms with Crippen molar-refractivity contribution in [3.8, 4) is 5.75 Å². The number of nitrogens with one attached hydrogen (secondary N) is 1. The largest absolute Gasteiger partial charge is 0.426 e. The maximum absolute atomic E-state index is 11.1. The number of aryl methyl sites for hydroxylation is 1. The van der Waals surface area contributed by atoms with Gasteiger partial charge in [0.15, 0.2) is 0 Å². The van der Waals surface area contributed by atoms with Gasteiger partial charge in [-0.3, -0.25) is 9.59 Å². The Morgan fingerprint density at radius 2 is 2.25 bits per heavy atom. The number of halogens is 1. The van der Waals surface area contributed by atoms with Crippen LogP contribution in [0.3, 0.4) is 0 Å². The van der Waals surface area contributed by atoms with E-state index >= 15 is 0 Å². The molecule has 0 unspecified atom stereocenters. The van der Waals surface area contributed by atoms with Crippen LogP contribution in [0, 0.1) is 0 Å². The molecule has 16 heavy (non-hydrogen) atoms. The van der Waals surface area contributed by atoms with E-state index in [4.69, 9.17) is 16.3 Å². The first-order valence-corrected chi connectivity index (χ1v) is 5.42. The van der Waals surface area contributed by atoms with Crippen molar-refractivity contribution in [1.82, 2.24) is 0 Å². The summed E-state index contributed by atoms with van der Waals surface area (Å²) >= 11 is 5.33. The Labute approximate surface area is 97.5 Å². The summed E-state index contributed by atoms with van der Waals surface area (Å²) in [5.74, 6) is -0.187. The van der Waals surface area contributed by atoms with Crippen LogP contribution in [0.4, 0.5) is 5.69 Å². The summed E-state index contributed by atoms with van der Waals surface area (Å²) in [6.07, 6.45) is 1.12. The first-order valence-electron chi connectivity index (χ1n) is 4.88. The first-order chi connectivity index (χ1) is 7.69. The van der Waals surface area contributed by atoms with Crippen molar-refractivity contribution in [2.24, 2.45) is 0 Å². The molecular weight excluding hydrogens is 230 g/mol. The minimum absolute atomic E-state index is 0.0120. The quantitative estimate of drug-likeness (QED) is 0.486. The number of carbonyl (C=O) groups excluding carboxylic acids is 2. The molecular formula is C11H10ClNO3. The molecule has 0 saturated heterocycles. The zero-order valence-corrected chi connectivity index (χ0v) is 9.21. The average Bonchev–Trinajstić information content (AvgIpc) is 2.29. The molecule has 2 rings (SSSR count). The van der Waals surface area contributed by atoms with Crippen LogP contribution in [0.25, 0.3) is 0 Å². The molecule has 1 N–H and O–H groups in total. The molecule has 1 aromatic carbocycles. The molecule has 0 aliphatic carbocycles. The predicted octanol–water partition coefficient (Wildman–Crippen LogP) is 1.72. The van der Waals surface area contributed by atoms with Gasteiger partial charge in [-0.05, 0) is 30.2 Å². The fourth-order valence-electron chi connectivity index (χ4n) is 1.58. The Bertz CT molecular complexity index is 445. The number of carbonyl (C=O) groups is 2. The van der Waals surface area contributed by atoms with Gasteiger partial charge in [0.1, 0.15) is 11.6 Å². The zero-order chi connectivity index (χ0) is 11.5. The first kappa shape index (κ1) is 11.0. The lowest BCUT2D eigenvalue weighted by Crippen LogP contribution is -2.19. The number of rotatable bonds is 2. The molecule has 1 heterocycles. The molecule has 0 aromatic heterocycles. The van der Waals surface area contributed by atoms with Gasteiger partial charge in [0.05, 0.1) is 0 Å². The standard InChI is InChI=1S/C11H10ClNO3/c12-6-11(15)16-8-2-3-9-7(5-8)1-4-10(14)13-9/h2-3,5H,1,4,6H2,(H,13,14). The van der Waals surface area contributed by atoms with Crippen LogP contribution in [-0.4, -0.2) is 17.8 Å². The normalized spacial score (nSPS) is 13.9. The fourth-order valence-corrected chi connectivity index (χ4v) is 1.64. The van der Waals surface area contributed by atoms with Gasteiger partial charge in [0.2, 0.25) is 5.91 Å². The summed E-state index contributed by atoms with van der Waals surface area (Å²) in [6, 6.07) is 5.11. The topological polar surface area (TPSA) is 55.4 Å². The van der Waals surface area contributed by atoms with Crippen LogP contribution < -0.4 is 10.1 Å². The van der Waals surface area contributed by atoms with Crippen molar-refractivity contribution in [1.29, 1.82) is 0 Å². The Balaban J connectivity index is 2.19. The van der Waals surface area contributed by atoms with Crippen molar-refractivity contribution in [3.05, 3.63) is 23.8 Å². The number of fused-ring (bicyclic) bond motifs is 1. The van der Waals surface area contributed by atoms with Crippen molar-refractivity contribution >= 4 is 29.2 Å². The lowest BCUT2D eigenvalue weighted by atomic mass is 10.0. The third-order valence-electron chi connectivity index (χ3n) is 2.31. The second-order valence-electron chi connectivity index (χ2n) is 3.47. The van der Waals surface area contributed by atoms with E-state index in [-0.39, 0.29) is 11.8 Å². The van der Waals surface area contributed by atoms with Crippen LogP contribution in [0.15, 0.2) is 18.2 Å². The summed E-state index contributed by atoms with van der Waals surface area (Å²) in [6.45, 7) is 0. The number of benzene rings is 1. The van der Waals surface area contributed by atoms with E-state index in [9.17, 15) is 9.59 Å². The minimum atomic E-state index is -0.485. The van der Waals surface area contributed by atoms with Crippen LogP contribution in [0.1, 0.15) is 12.0 Å². The summed E-state index contributed by atoms with van der Waals surface area (Å²) in [4.78, 5) is 22.1. The highest BCUT2D eigenvalue weighted by Crippen LogP contribution is 2.26. The Morgan fingerprint density at radius 1 is 1.44 bits per heavy atom. The lowest BCUT2D eigenvalue weighted by Gasteiger charge is -2.17. The summed E-state index contributed by atoms with van der Waals surface area (Å²) in [7, 11) is 0. The molecule has 1 aliphatic heterocycles. The molecule has 4 nitrogen and oxygen atoms in total. The van der Waals surface area contributed by atoms with E-state index in [2.05, 4.69) is 5.32 Å². The Hall–Kier alpha value is -1.55. The maximum Gasteiger partial charge on any atom is 0.326 e. The van der Waals surface area contributed by atoms with Crippen LogP contribution >= 0.6 is 11.6 Å². The van der Waals surface area contributed by atoms with E-state index in [1.54, 1.807) is 18.2 Å². The molecule has 1 aliphatic rings. The molecule has 1 amide bonds. The van der Waals surface area contributed by atoms with Gasteiger partial charge in [-0.15, -0.1) is 11.6 Å². The highest BCUT2D eigenvalue weighted by Gasteiger charge is 2.15. The lowest BCUT2D eigenvalue weighted by molar-refractivity contribution is -0.131. The second-order valence-corrected chi connectivity index (χ2v) is 3.74. The van der Waals surface area contributed by atoms with E-state index in [0.29, 0.717) is 18.6 Å². The SMILES string of the molecule is O=C1CCc2cc(OC(=O)CCl)ccc2N1. The van der Waals surface area contributed by atoms with Crippen molar-refractivity contribution in [2.45, 2.75) is 12.8 Å². The summed E-state index contributed by atoms with van der Waals surface area (Å²) in [5.41, 5.74) is 1.75. The highest BCUT2D eigenvalue weighted by atomic mass is 35.5. The van der Waals surface area contributed by atoms with Crippen LogP contribution in [-0.2, 0) is 16.0 Å². The van der Waals surface area contributed by atoms with E-state index in [1.807, 2.05) is 0 Å². The molecule has 1 aromatic rings. The molecule has 0 spiro atoms. The number of alkyl halides is 1. The third-order valence-corrected chi connectivity index (χ3v) is 2.53. The molecule has 0 bridgehead atoms. The Kier molecular flexibility index (Phi) is 3.10. The Morgan fingerprint density at radius 3 is 3.00 bits per heavy atom. The predicted molar refractivity (Wildman–Crippen MR) is 59.7 cm³/mol. The smallest absolute Gasteiger partial charge is 0.326 e. The number of hydrogen-bond donors (Lipinski definition) is 1. The second kappa shape index (κ2) is 4.53.